The smallest absolute Gasteiger partial charge is 0.410 e. The summed E-state index contributed by atoms with van der Waals surface area (Å²) in [5.41, 5.74) is 2.36. The Balaban J connectivity index is 1.35. The number of oxazole rings is 1. The number of benzene rings is 1. The van der Waals surface area contributed by atoms with E-state index in [1.54, 1.807) is 15.2 Å². The molecule has 1 aromatic carbocycles. The van der Waals surface area contributed by atoms with Crippen LogP contribution in [0.4, 0.5) is 15.9 Å². The Hall–Kier alpha value is -3.14. The Morgan fingerprint density at radius 3 is 2.55 bits per heavy atom. The van der Waals surface area contributed by atoms with Crippen molar-refractivity contribution in [2.24, 2.45) is 0 Å². The summed E-state index contributed by atoms with van der Waals surface area (Å²) in [7, 11) is 0. The highest BCUT2D eigenvalue weighted by Gasteiger charge is 2.29. The number of ether oxygens (including phenoxy) is 1. The molecule has 1 N–H and O–H groups in total. The topological polar surface area (TPSA) is 101 Å². The number of thiazole rings is 1. The summed E-state index contributed by atoms with van der Waals surface area (Å²) < 4.78 is 11.1. The van der Waals surface area contributed by atoms with Gasteiger partial charge in [0.1, 0.15) is 16.8 Å². The number of hydrogen-bond acceptors (Lipinski definition) is 8. The van der Waals surface area contributed by atoms with Crippen LogP contribution in [0.15, 0.2) is 28.0 Å². The molecule has 0 bridgehead atoms. The molecule has 1 saturated heterocycles. The van der Waals surface area contributed by atoms with E-state index in [1.165, 1.54) is 11.3 Å². The molecule has 3 heterocycles. The van der Waals surface area contributed by atoms with E-state index in [0.29, 0.717) is 48.6 Å². The van der Waals surface area contributed by atoms with Crippen molar-refractivity contribution in [3.8, 4) is 0 Å². The normalized spacial score (nSPS) is 14.7. The highest BCUT2D eigenvalue weighted by atomic mass is 32.1. The summed E-state index contributed by atoms with van der Waals surface area (Å²) in [6.07, 6.45) is -0.353. The van der Waals surface area contributed by atoms with Crippen molar-refractivity contribution in [2.45, 2.75) is 33.3 Å². The number of aryl methyl sites for hydroxylation is 1. The molecular formula is C21H25N5O4S. The molecule has 0 saturated carbocycles. The van der Waals surface area contributed by atoms with Gasteiger partial charge in [-0.15, -0.1) is 11.3 Å². The number of carbonyl (C=O) groups excluding carboxylic acids is 2. The van der Waals surface area contributed by atoms with E-state index >= 15 is 0 Å². The first-order chi connectivity index (χ1) is 14.7. The number of amides is 2. The van der Waals surface area contributed by atoms with Gasteiger partial charge < -0.3 is 19.0 Å². The number of piperazine rings is 1. The van der Waals surface area contributed by atoms with Gasteiger partial charge in [-0.25, -0.2) is 9.78 Å². The van der Waals surface area contributed by atoms with Crippen LogP contribution in [0.25, 0.3) is 11.1 Å². The Morgan fingerprint density at radius 2 is 1.84 bits per heavy atom. The molecule has 1 fully saturated rings. The van der Waals surface area contributed by atoms with Crippen molar-refractivity contribution >= 4 is 45.6 Å². The van der Waals surface area contributed by atoms with Crippen LogP contribution in [0, 0.1) is 6.92 Å². The zero-order valence-corrected chi connectivity index (χ0v) is 18.8. The SMILES string of the molecule is Cc1ccc2oc(Nc3nc(C(=O)N4CCN(C(=O)OC(C)(C)C)CC4)cs3)nc2c1. The largest absolute Gasteiger partial charge is 0.444 e. The van der Waals surface area contributed by atoms with Crippen LogP contribution < -0.4 is 5.32 Å². The Morgan fingerprint density at radius 1 is 1.13 bits per heavy atom. The molecule has 1 aliphatic rings. The van der Waals surface area contributed by atoms with Crippen LogP contribution in [0.2, 0.25) is 0 Å². The molecule has 0 atom stereocenters. The number of carbonyl (C=O) groups is 2. The van der Waals surface area contributed by atoms with E-state index < -0.39 is 5.60 Å². The molecule has 4 rings (SSSR count). The third-order valence-corrected chi connectivity index (χ3v) is 5.46. The first kappa shape index (κ1) is 21.1. The predicted molar refractivity (Wildman–Crippen MR) is 118 cm³/mol. The third kappa shape index (κ3) is 4.96. The van der Waals surface area contributed by atoms with Gasteiger partial charge in [0.15, 0.2) is 10.7 Å². The minimum absolute atomic E-state index is 0.165. The van der Waals surface area contributed by atoms with E-state index in [1.807, 2.05) is 45.9 Å². The predicted octanol–water partition coefficient (Wildman–Crippen LogP) is 4.03. The maximum atomic E-state index is 12.8. The molecule has 164 valence electrons. The summed E-state index contributed by atoms with van der Waals surface area (Å²) in [6.45, 7) is 9.22. The van der Waals surface area contributed by atoms with Crippen molar-refractivity contribution in [3.63, 3.8) is 0 Å². The summed E-state index contributed by atoms with van der Waals surface area (Å²) in [5, 5.41) is 5.26. The van der Waals surface area contributed by atoms with Crippen molar-refractivity contribution in [2.75, 3.05) is 31.5 Å². The number of aromatic nitrogens is 2. The van der Waals surface area contributed by atoms with Crippen LogP contribution in [0.3, 0.4) is 0 Å². The maximum absolute atomic E-state index is 12.8. The minimum atomic E-state index is -0.540. The average molecular weight is 444 g/mol. The molecule has 0 radical (unpaired) electrons. The average Bonchev–Trinajstić information content (AvgIpc) is 3.32. The monoisotopic (exact) mass is 443 g/mol. The molecular weight excluding hydrogens is 418 g/mol. The molecule has 2 aromatic heterocycles. The van der Waals surface area contributed by atoms with E-state index in [0.717, 1.165) is 11.1 Å². The number of hydrogen-bond donors (Lipinski definition) is 1. The molecule has 2 amide bonds. The van der Waals surface area contributed by atoms with Crippen LogP contribution >= 0.6 is 11.3 Å². The fourth-order valence-electron chi connectivity index (χ4n) is 3.19. The molecule has 0 aliphatic carbocycles. The quantitative estimate of drug-likeness (QED) is 0.652. The van der Waals surface area contributed by atoms with Gasteiger partial charge >= 0.3 is 12.1 Å². The van der Waals surface area contributed by atoms with Gasteiger partial charge in [0.25, 0.3) is 5.91 Å². The second-order valence-corrected chi connectivity index (χ2v) is 9.27. The van der Waals surface area contributed by atoms with Crippen LogP contribution in [-0.2, 0) is 4.74 Å². The summed E-state index contributed by atoms with van der Waals surface area (Å²) >= 11 is 1.31. The van der Waals surface area contributed by atoms with Crippen LogP contribution in [0.1, 0.15) is 36.8 Å². The number of anilines is 2. The first-order valence-corrected chi connectivity index (χ1v) is 10.9. The van der Waals surface area contributed by atoms with Gasteiger partial charge in [0, 0.05) is 31.6 Å². The molecule has 0 unspecified atom stereocenters. The standard InChI is InChI=1S/C21H25N5O4S/c1-13-5-6-16-14(11-13)22-18(29-16)24-19-23-15(12-31-19)17(27)25-7-9-26(10-8-25)20(28)30-21(2,3)4/h5-6,11-12H,7-10H2,1-4H3,(H,22,23,24). The van der Waals surface area contributed by atoms with Gasteiger partial charge in [-0.1, -0.05) is 6.07 Å². The summed E-state index contributed by atoms with van der Waals surface area (Å²) in [5.74, 6) is -0.165. The van der Waals surface area contributed by atoms with Crippen molar-refractivity contribution in [3.05, 3.63) is 34.8 Å². The lowest BCUT2D eigenvalue weighted by Gasteiger charge is -2.35. The minimum Gasteiger partial charge on any atom is -0.444 e. The van der Waals surface area contributed by atoms with Crippen LogP contribution in [-0.4, -0.2) is 63.5 Å². The van der Waals surface area contributed by atoms with Crippen molar-refractivity contribution in [1.82, 2.24) is 19.8 Å². The second-order valence-electron chi connectivity index (χ2n) is 8.41. The molecule has 31 heavy (non-hydrogen) atoms. The molecule has 3 aromatic rings. The fraction of sp³-hybridized carbons (Fsp3) is 0.429. The van der Waals surface area contributed by atoms with Crippen LogP contribution in [0.5, 0.6) is 0 Å². The maximum Gasteiger partial charge on any atom is 0.410 e. The van der Waals surface area contributed by atoms with E-state index in [-0.39, 0.29) is 12.0 Å². The zero-order chi connectivity index (χ0) is 22.2. The molecule has 1 aliphatic heterocycles. The lowest BCUT2D eigenvalue weighted by molar-refractivity contribution is 0.0140. The highest BCUT2D eigenvalue weighted by molar-refractivity contribution is 7.14. The lowest BCUT2D eigenvalue weighted by atomic mass is 10.2. The Bertz CT molecular complexity index is 1110. The van der Waals surface area contributed by atoms with Gasteiger partial charge in [-0.05, 0) is 45.4 Å². The summed E-state index contributed by atoms with van der Waals surface area (Å²) in [4.78, 5) is 37.1. The number of nitrogens with zero attached hydrogens (tertiary/aromatic N) is 4. The second kappa shape index (κ2) is 8.18. The number of rotatable bonds is 3. The fourth-order valence-corrected chi connectivity index (χ4v) is 3.87. The third-order valence-electron chi connectivity index (χ3n) is 4.70. The van der Waals surface area contributed by atoms with Gasteiger partial charge in [-0.3, -0.25) is 10.1 Å². The van der Waals surface area contributed by atoms with Gasteiger partial charge in [0.2, 0.25) is 0 Å². The van der Waals surface area contributed by atoms with Gasteiger partial charge in [-0.2, -0.15) is 4.98 Å². The van der Waals surface area contributed by atoms with E-state index in [4.69, 9.17) is 9.15 Å². The number of fused-ring (bicyclic) bond motifs is 1. The van der Waals surface area contributed by atoms with E-state index in [9.17, 15) is 9.59 Å². The first-order valence-electron chi connectivity index (χ1n) is 10.0. The number of nitrogens with one attached hydrogen (secondary N) is 1. The zero-order valence-electron chi connectivity index (χ0n) is 18.0. The Kier molecular flexibility index (Phi) is 5.57. The molecule has 0 spiro atoms. The molecule has 10 heteroatoms. The van der Waals surface area contributed by atoms with Crippen molar-refractivity contribution in [1.29, 1.82) is 0 Å². The molecule has 9 nitrogen and oxygen atoms in total. The van der Waals surface area contributed by atoms with Gasteiger partial charge in [0.05, 0.1) is 0 Å². The van der Waals surface area contributed by atoms with Crippen molar-refractivity contribution < 1.29 is 18.7 Å². The Labute approximate surface area is 184 Å². The summed E-state index contributed by atoms with van der Waals surface area (Å²) in [6, 6.07) is 6.11. The highest BCUT2D eigenvalue weighted by Crippen LogP contribution is 2.25. The lowest BCUT2D eigenvalue weighted by Crippen LogP contribution is -2.51. The van der Waals surface area contributed by atoms with E-state index in [2.05, 4.69) is 15.3 Å².